The van der Waals surface area contributed by atoms with Crippen molar-refractivity contribution in [3.63, 3.8) is 0 Å². The van der Waals surface area contributed by atoms with Crippen LogP contribution in [0.2, 0.25) is 5.02 Å². The van der Waals surface area contributed by atoms with Crippen LogP contribution in [0.5, 0.6) is 11.5 Å². The minimum absolute atomic E-state index is 0.381. The quantitative estimate of drug-likeness (QED) is 0.804. The summed E-state index contributed by atoms with van der Waals surface area (Å²) in [5.74, 6) is 1.39. The molecule has 4 heteroatoms. The van der Waals surface area contributed by atoms with E-state index in [1.54, 1.807) is 12.1 Å². The molecule has 0 saturated heterocycles. The van der Waals surface area contributed by atoms with Crippen molar-refractivity contribution in [1.82, 2.24) is 0 Å². The van der Waals surface area contributed by atoms with Crippen molar-refractivity contribution in [2.24, 2.45) is 5.92 Å². The molecule has 0 saturated carbocycles. The third-order valence-corrected chi connectivity index (χ3v) is 2.22. The van der Waals surface area contributed by atoms with Crippen LogP contribution < -0.4 is 9.47 Å². The van der Waals surface area contributed by atoms with Gasteiger partial charge in [0.25, 0.3) is 0 Å². The Morgan fingerprint density at radius 2 is 2.06 bits per heavy atom. The van der Waals surface area contributed by atoms with Gasteiger partial charge in [-0.25, -0.2) is 0 Å². The van der Waals surface area contributed by atoms with Gasteiger partial charge in [0.2, 0.25) is 0 Å². The predicted octanol–water partition coefficient (Wildman–Crippen LogP) is 3.65. The minimum atomic E-state index is 0.381. The first kappa shape index (κ1) is 13.7. The van der Waals surface area contributed by atoms with Crippen LogP contribution in [-0.4, -0.2) is 13.2 Å². The summed E-state index contributed by atoms with van der Waals surface area (Å²) in [5, 5.41) is 9.53. The van der Waals surface area contributed by atoms with Crippen LogP contribution in [0.25, 0.3) is 0 Å². The van der Waals surface area contributed by atoms with E-state index in [0.717, 1.165) is 0 Å². The number of hydrogen-bond acceptors (Lipinski definition) is 3. The van der Waals surface area contributed by atoms with Gasteiger partial charge in [0.15, 0.2) is 11.5 Å². The third-order valence-electron chi connectivity index (χ3n) is 2.00. The zero-order valence-electron chi connectivity index (χ0n) is 10.3. The lowest BCUT2D eigenvalue weighted by Gasteiger charge is -2.15. The zero-order valence-corrected chi connectivity index (χ0v) is 11.0. The fourth-order valence-corrected chi connectivity index (χ4v) is 1.52. The topological polar surface area (TPSA) is 42.2 Å². The summed E-state index contributed by atoms with van der Waals surface area (Å²) < 4.78 is 11.1. The number of nitriles is 1. The van der Waals surface area contributed by atoms with Crippen molar-refractivity contribution in [2.75, 3.05) is 13.2 Å². The molecule has 0 radical (unpaired) electrons. The molecule has 0 heterocycles. The largest absolute Gasteiger partial charge is 0.490 e. The van der Waals surface area contributed by atoms with Crippen LogP contribution in [0.15, 0.2) is 12.1 Å². The molecular weight excluding hydrogens is 238 g/mol. The molecule has 0 atom stereocenters. The van der Waals surface area contributed by atoms with Gasteiger partial charge in [0.05, 0.1) is 18.8 Å². The van der Waals surface area contributed by atoms with Crippen LogP contribution in [-0.2, 0) is 0 Å². The Balaban J connectivity index is 3.08. The fraction of sp³-hybridized carbons (Fsp3) is 0.462. The Labute approximate surface area is 107 Å². The molecule has 0 aliphatic rings. The van der Waals surface area contributed by atoms with E-state index in [9.17, 15) is 0 Å². The van der Waals surface area contributed by atoms with Gasteiger partial charge >= 0.3 is 0 Å². The molecule has 0 aromatic heterocycles. The SMILES string of the molecule is CCOc1cc(Cl)cc(C#N)c1OCC(C)C. The van der Waals surface area contributed by atoms with Gasteiger partial charge in [-0.1, -0.05) is 25.4 Å². The summed E-state index contributed by atoms with van der Waals surface area (Å²) in [6, 6.07) is 5.32. The predicted molar refractivity (Wildman–Crippen MR) is 67.7 cm³/mol. The maximum Gasteiger partial charge on any atom is 0.179 e. The van der Waals surface area contributed by atoms with Crippen molar-refractivity contribution in [2.45, 2.75) is 20.8 Å². The highest BCUT2D eigenvalue weighted by molar-refractivity contribution is 6.30. The van der Waals surface area contributed by atoms with E-state index in [1.165, 1.54) is 0 Å². The first-order valence-electron chi connectivity index (χ1n) is 5.57. The summed E-state index contributed by atoms with van der Waals surface area (Å²) in [5.41, 5.74) is 0.404. The van der Waals surface area contributed by atoms with E-state index in [0.29, 0.717) is 41.2 Å². The fourth-order valence-electron chi connectivity index (χ4n) is 1.31. The highest BCUT2D eigenvalue weighted by Gasteiger charge is 2.13. The Morgan fingerprint density at radius 1 is 1.35 bits per heavy atom. The third kappa shape index (κ3) is 3.83. The zero-order chi connectivity index (χ0) is 12.8. The number of rotatable bonds is 5. The average Bonchev–Trinajstić information content (AvgIpc) is 2.27. The molecule has 17 heavy (non-hydrogen) atoms. The van der Waals surface area contributed by atoms with Crippen LogP contribution in [0.1, 0.15) is 26.3 Å². The molecule has 92 valence electrons. The van der Waals surface area contributed by atoms with Crippen LogP contribution >= 0.6 is 11.6 Å². The first-order chi connectivity index (χ1) is 8.08. The number of nitrogens with zero attached hydrogens (tertiary/aromatic N) is 1. The number of hydrogen-bond donors (Lipinski definition) is 0. The van der Waals surface area contributed by atoms with Gasteiger partial charge in [0.1, 0.15) is 6.07 Å². The van der Waals surface area contributed by atoms with Crippen molar-refractivity contribution in [3.05, 3.63) is 22.7 Å². The molecule has 0 aliphatic carbocycles. The van der Waals surface area contributed by atoms with Crippen molar-refractivity contribution in [3.8, 4) is 17.6 Å². The Kier molecular flexibility index (Phi) is 5.11. The van der Waals surface area contributed by atoms with Gasteiger partial charge in [-0.05, 0) is 18.9 Å². The smallest absolute Gasteiger partial charge is 0.179 e. The number of ether oxygens (including phenoxy) is 2. The molecular formula is C13H16ClNO2. The molecule has 1 aromatic carbocycles. The van der Waals surface area contributed by atoms with Crippen molar-refractivity contribution >= 4 is 11.6 Å². The molecule has 0 aliphatic heterocycles. The van der Waals surface area contributed by atoms with Crippen molar-refractivity contribution < 1.29 is 9.47 Å². The Hall–Kier alpha value is -1.40. The van der Waals surface area contributed by atoms with E-state index in [4.69, 9.17) is 26.3 Å². The lowest BCUT2D eigenvalue weighted by atomic mass is 10.2. The van der Waals surface area contributed by atoms with E-state index in [2.05, 4.69) is 6.07 Å². The molecule has 0 spiro atoms. The van der Waals surface area contributed by atoms with E-state index in [1.807, 2.05) is 20.8 Å². The Morgan fingerprint density at radius 3 is 2.59 bits per heavy atom. The summed E-state index contributed by atoms with van der Waals surface area (Å²) in [6.07, 6.45) is 0. The van der Waals surface area contributed by atoms with Gasteiger partial charge in [0, 0.05) is 11.1 Å². The maximum atomic E-state index is 9.06. The lowest BCUT2D eigenvalue weighted by molar-refractivity contribution is 0.247. The molecule has 3 nitrogen and oxygen atoms in total. The second kappa shape index (κ2) is 6.36. The highest BCUT2D eigenvalue weighted by atomic mass is 35.5. The van der Waals surface area contributed by atoms with Gasteiger partial charge in [-0.15, -0.1) is 0 Å². The molecule has 1 rings (SSSR count). The number of benzene rings is 1. The van der Waals surface area contributed by atoms with E-state index in [-0.39, 0.29) is 0 Å². The van der Waals surface area contributed by atoms with Gasteiger partial charge in [-0.2, -0.15) is 5.26 Å². The van der Waals surface area contributed by atoms with Crippen LogP contribution in [0.4, 0.5) is 0 Å². The standard InChI is InChI=1S/C13H16ClNO2/c1-4-16-12-6-11(14)5-10(7-15)13(12)17-8-9(2)3/h5-6,9H,4,8H2,1-3H3. The number of halogens is 1. The molecule has 0 bridgehead atoms. The van der Waals surface area contributed by atoms with Crippen LogP contribution in [0, 0.1) is 17.2 Å². The van der Waals surface area contributed by atoms with Gasteiger partial charge in [-0.3, -0.25) is 0 Å². The summed E-state index contributed by atoms with van der Waals surface area (Å²) in [4.78, 5) is 0. The molecule has 0 amide bonds. The monoisotopic (exact) mass is 253 g/mol. The van der Waals surface area contributed by atoms with E-state index < -0.39 is 0 Å². The Bertz CT molecular complexity index is 424. The van der Waals surface area contributed by atoms with Crippen LogP contribution in [0.3, 0.4) is 0 Å². The summed E-state index contributed by atoms with van der Waals surface area (Å²) >= 11 is 5.91. The van der Waals surface area contributed by atoms with Gasteiger partial charge < -0.3 is 9.47 Å². The minimum Gasteiger partial charge on any atom is -0.490 e. The molecule has 0 N–H and O–H groups in total. The first-order valence-corrected chi connectivity index (χ1v) is 5.95. The summed E-state index contributed by atoms with van der Waals surface area (Å²) in [6.45, 7) is 7.00. The lowest BCUT2D eigenvalue weighted by Crippen LogP contribution is -2.07. The second-order valence-corrected chi connectivity index (χ2v) is 4.47. The normalized spacial score (nSPS) is 10.1. The highest BCUT2D eigenvalue weighted by Crippen LogP contribution is 2.34. The molecule has 0 fully saturated rings. The molecule has 0 unspecified atom stereocenters. The summed E-state index contributed by atoms with van der Waals surface area (Å²) in [7, 11) is 0. The second-order valence-electron chi connectivity index (χ2n) is 4.03. The molecule has 1 aromatic rings. The van der Waals surface area contributed by atoms with Crippen molar-refractivity contribution in [1.29, 1.82) is 5.26 Å². The van der Waals surface area contributed by atoms with E-state index >= 15 is 0 Å². The maximum absolute atomic E-state index is 9.06. The average molecular weight is 254 g/mol.